The van der Waals surface area contributed by atoms with Crippen molar-refractivity contribution in [1.82, 2.24) is 9.97 Å². The molecular formula is C16H23BF4N2O4. The lowest BCUT2D eigenvalue weighted by Crippen LogP contribution is -2.38. The van der Waals surface area contributed by atoms with E-state index >= 15 is 0 Å². The van der Waals surface area contributed by atoms with E-state index in [9.17, 15) is 32.0 Å². The second-order valence-electron chi connectivity index (χ2n) is 5.82. The van der Waals surface area contributed by atoms with Crippen molar-refractivity contribution in [3.63, 3.8) is 0 Å². The Balaban J connectivity index is 0. The molecule has 0 saturated carbocycles. The van der Waals surface area contributed by atoms with Gasteiger partial charge in [-0.05, 0) is 13.3 Å². The van der Waals surface area contributed by atoms with Crippen LogP contribution in [-0.4, -0.2) is 39.4 Å². The van der Waals surface area contributed by atoms with Crippen LogP contribution in [-0.2, 0) is 9.59 Å². The van der Waals surface area contributed by atoms with Crippen molar-refractivity contribution in [3.8, 4) is 0 Å². The number of aliphatic carboxylic acids is 2. The smallest absolute Gasteiger partial charge is 0.481 e. The molecule has 0 saturated heterocycles. The van der Waals surface area contributed by atoms with Crippen LogP contribution in [0, 0.1) is 11.3 Å². The lowest BCUT2D eigenvalue weighted by atomic mass is 9.68. The highest BCUT2D eigenvalue weighted by atomic mass is 19.5. The zero-order chi connectivity index (χ0) is 21.1. The highest BCUT2D eigenvalue weighted by Gasteiger charge is 2.43. The van der Waals surface area contributed by atoms with Crippen molar-refractivity contribution in [2.75, 3.05) is 0 Å². The maximum atomic E-state index is 11.3. The first-order chi connectivity index (χ1) is 12.4. The number of H-pyrrole nitrogens is 1. The van der Waals surface area contributed by atoms with Gasteiger partial charge in [0.15, 0.2) is 0 Å². The number of allylic oxidation sites excluding steroid dienone is 2. The first-order valence-electron chi connectivity index (χ1n) is 8.09. The Bertz CT molecular complexity index is 630. The van der Waals surface area contributed by atoms with E-state index in [1.807, 2.05) is 6.92 Å². The van der Waals surface area contributed by atoms with Crippen molar-refractivity contribution in [3.05, 3.63) is 42.5 Å². The first kappa shape index (κ1) is 24.4. The number of unbranched alkanes of at least 4 members (excludes halogenated alkanes) is 1. The minimum Gasteiger partial charge on any atom is -0.481 e. The second-order valence-corrected chi connectivity index (χ2v) is 5.82. The number of hydrogen-bond acceptors (Lipinski definition) is 3. The van der Waals surface area contributed by atoms with Crippen LogP contribution in [0.1, 0.15) is 34.5 Å². The summed E-state index contributed by atoms with van der Waals surface area (Å²) >= 11 is 0. The van der Waals surface area contributed by atoms with Crippen LogP contribution in [0.25, 0.3) is 0 Å². The fourth-order valence-electron chi connectivity index (χ4n) is 2.43. The van der Waals surface area contributed by atoms with Crippen molar-refractivity contribution in [2.45, 2.75) is 33.1 Å². The van der Waals surface area contributed by atoms with Gasteiger partial charge in [-0.15, -0.1) is 0 Å². The number of nitrogens with one attached hydrogen (secondary N) is 1. The number of imidazole rings is 1. The number of carboxylic acids is 2. The molecule has 0 bridgehead atoms. The number of carbonyl (C=O) groups is 2. The van der Waals surface area contributed by atoms with E-state index in [1.54, 1.807) is 31.7 Å². The monoisotopic (exact) mass is 394 g/mol. The summed E-state index contributed by atoms with van der Waals surface area (Å²) in [4.78, 5) is 28.9. The SMILES string of the molecule is CCCCC1C(C(=O)O)=CC=CC1(C)C(=O)O.F[B-](F)(F)F.[H+].c1c[nH]cn1. The largest absolute Gasteiger partial charge is 1.00 e. The summed E-state index contributed by atoms with van der Waals surface area (Å²) < 4.78 is 39.0. The Kier molecular flexibility index (Phi) is 10.1. The molecule has 152 valence electrons. The number of rotatable bonds is 5. The fraction of sp³-hybridized carbons (Fsp3) is 0.438. The van der Waals surface area contributed by atoms with Crippen LogP contribution in [0.4, 0.5) is 17.3 Å². The molecular weight excluding hydrogens is 371 g/mol. The molecule has 1 aliphatic carbocycles. The summed E-state index contributed by atoms with van der Waals surface area (Å²) in [5, 5.41) is 18.4. The highest BCUT2D eigenvalue weighted by Crippen LogP contribution is 2.41. The Labute approximate surface area is 155 Å². The normalized spacial score (nSPS) is 21.1. The summed E-state index contributed by atoms with van der Waals surface area (Å²) in [5.41, 5.74) is -0.914. The first-order valence-corrected chi connectivity index (χ1v) is 8.09. The molecule has 1 heterocycles. The van der Waals surface area contributed by atoms with Gasteiger partial charge in [-0.1, -0.05) is 38.0 Å². The number of halogens is 4. The van der Waals surface area contributed by atoms with E-state index in [0.717, 1.165) is 12.8 Å². The van der Waals surface area contributed by atoms with E-state index in [0.29, 0.717) is 6.42 Å². The van der Waals surface area contributed by atoms with Gasteiger partial charge < -0.3 is 32.5 Å². The van der Waals surface area contributed by atoms with Gasteiger partial charge in [-0.2, -0.15) is 0 Å². The molecule has 0 aliphatic heterocycles. The van der Waals surface area contributed by atoms with Gasteiger partial charge in [0.1, 0.15) is 0 Å². The molecule has 2 rings (SSSR count). The predicted molar refractivity (Wildman–Crippen MR) is 93.5 cm³/mol. The van der Waals surface area contributed by atoms with Crippen LogP contribution in [0.15, 0.2) is 42.5 Å². The number of carboxylic acid groups (broad SMARTS) is 2. The lowest BCUT2D eigenvalue weighted by molar-refractivity contribution is -0.148. The third-order valence-corrected chi connectivity index (χ3v) is 3.78. The summed E-state index contributed by atoms with van der Waals surface area (Å²) in [6.07, 6.45) is 12.0. The third kappa shape index (κ3) is 9.62. The minimum atomic E-state index is -6.00. The maximum Gasteiger partial charge on any atom is 1.00 e. The Hall–Kier alpha value is -2.59. The molecule has 1 aromatic rings. The lowest BCUT2D eigenvalue weighted by Gasteiger charge is -2.34. The van der Waals surface area contributed by atoms with Crippen molar-refractivity contribution in [1.29, 1.82) is 0 Å². The molecule has 1 aliphatic rings. The molecule has 0 aromatic carbocycles. The van der Waals surface area contributed by atoms with Gasteiger partial charge in [-0.3, -0.25) is 4.79 Å². The predicted octanol–water partition coefficient (Wildman–Crippen LogP) is 4.29. The molecule has 0 radical (unpaired) electrons. The van der Waals surface area contributed by atoms with Crippen LogP contribution in [0.3, 0.4) is 0 Å². The zero-order valence-electron chi connectivity index (χ0n) is 15.9. The summed E-state index contributed by atoms with van der Waals surface area (Å²) in [5.74, 6) is -2.45. The average Bonchev–Trinajstić information content (AvgIpc) is 3.11. The molecule has 27 heavy (non-hydrogen) atoms. The van der Waals surface area contributed by atoms with Crippen LogP contribution < -0.4 is 0 Å². The van der Waals surface area contributed by atoms with E-state index in [-0.39, 0.29) is 7.00 Å². The molecule has 0 amide bonds. The summed E-state index contributed by atoms with van der Waals surface area (Å²) in [6, 6.07) is 0. The average molecular weight is 394 g/mol. The van der Waals surface area contributed by atoms with Gasteiger partial charge in [0, 0.05) is 23.9 Å². The molecule has 11 heteroatoms. The molecule has 6 nitrogen and oxygen atoms in total. The van der Waals surface area contributed by atoms with Gasteiger partial charge in [0.05, 0.1) is 11.7 Å². The van der Waals surface area contributed by atoms with Gasteiger partial charge >= 0.3 is 20.6 Å². The van der Waals surface area contributed by atoms with E-state index < -0.39 is 30.5 Å². The summed E-state index contributed by atoms with van der Waals surface area (Å²) in [6.45, 7) is 3.59. The van der Waals surface area contributed by atoms with Crippen molar-refractivity contribution in [2.24, 2.45) is 11.3 Å². The maximum absolute atomic E-state index is 11.3. The topological polar surface area (TPSA) is 103 Å². The van der Waals surface area contributed by atoms with Crippen molar-refractivity contribution < 1.29 is 38.5 Å². The van der Waals surface area contributed by atoms with Gasteiger partial charge in [0.2, 0.25) is 0 Å². The van der Waals surface area contributed by atoms with Crippen LogP contribution >= 0.6 is 0 Å². The molecule has 3 N–H and O–H groups in total. The second kappa shape index (κ2) is 11.2. The van der Waals surface area contributed by atoms with Gasteiger partial charge in [-0.25, -0.2) is 9.78 Å². The molecule has 0 fully saturated rings. The number of aromatic amines is 1. The quantitative estimate of drug-likeness (QED) is 0.511. The highest BCUT2D eigenvalue weighted by molar-refractivity contribution is 6.50. The molecule has 1 aromatic heterocycles. The Morgan fingerprint density at radius 2 is 1.93 bits per heavy atom. The summed E-state index contributed by atoms with van der Waals surface area (Å²) in [7, 11) is -6.00. The number of nitrogens with zero attached hydrogens (tertiary/aromatic N) is 1. The number of hydrogen-bond donors (Lipinski definition) is 3. The standard InChI is InChI=1S/C13H18O4.C3H4N2.BF4/c1-3-4-7-10-9(11(14)15)6-5-8-13(10,2)12(16)17;1-2-5-3-4-1;2-1(3,4)5/h5-6,8,10H,3-4,7H2,1-2H3,(H,14,15)(H,16,17);1-3H,(H,4,5);/q;;-1/p+1. The Morgan fingerprint density at radius 3 is 2.26 bits per heavy atom. The minimum absolute atomic E-state index is 0. The van der Waals surface area contributed by atoms with E-state index in [1.165, 1.54) is 12.2 Å². The van der Waals surface area contributed by atoms with Crippen molar-refractivity contribution >= 4 is 19.2 Å². The van der Waals surface area contributed by atoms with Gasteiger partial charge in [0.25, 0.3) is 0 Å². The van der Waals surface area contributed by atoms with Crippen LogP contribution in [0.2, 0.25) is 0 Å². The fourth-order valence-corrected chi connectivity index (χ4v) is 2.43. The van der Waals surface area contributed by atoms with E-state index in [2.05, 4.69) is 9.97 Å². The number of aromatic nitrogens is 2. The molecule has 2 unspecified atom stereocenters. The molecule has 2 atom stereocenters. The Morgan fingerprint density at radius 1 is 1.33 bits per heavy atom. The zero-order valence-corrected chi connectivity index (χ0v) is 14.9. The van der Waals surface area contributed by atoms with Crippen LogP contribution in [0.5, 0.6) is 0 Å². The molecule has 0 spiro atoms. The third-order valence-electron chi connectivity index (χ3n) is 3.78. The van der Waals surface area contributed by atoms with E-state index in [4.69, 9.17) is 5.11 Å².